The fourth-order valence-electron chi connectivity index (χ4n) is 7.50. The van der Waals surface area contributed by atoms with Crippen molar-refractivity contribution in [3.8, 4) is 33.8 Å². The minimum atomic E-state index is -0.371. The van der Waals surface area contributed by atoms with E-state index in [1.165, 1.54) is 37.6 Å². The molecule has 0 aliphatic heterocycles. The van der Waals surface area contributed by atoms with Crippen molar-refractivity contribution in [2.24, 2.45) is 11.8 Å². The van der Waals surface area contributed by atoms with Gasteiger partial charge >= 0.3 is 5.97 Å². The molecule has 7 heteroatoms. The third-order valence-electron chi connectivity index (χ3n) is 10.2. The van der Waals surface area contributed by atoms with Crippen molar-refractivity contribution >= 4 is 17.6 Å². The van der Waals surface area contributed by atoms with Gasteiger partial charge in [0.15, 0.2) is 0 Å². The Morgan fingerprint density at radius 2 is 1.17 bits per heavy atom. The van der Waals surface area contributed by atoms with Crippen LogP contribution in [0.25, 0.3) is 22.3 Å². The molecular formula is C41H45ClF2O4. The van der Waals surface area contributed by atoms with E-state index in [1.807, 2.05) is 24.3 Å². The zero-order valence-corrected chi connectivity index (χ0v) is 29.2. The van der Waals surface area contributed by atoms with Crippen molar-refractivity contribution in [3.63, 3.8) is 0 Å². The van der Waals surface area contributed by atoms with Gasteiger partial charge in [-0.15, -0.1) is 11.6 Å². The summed E-state index contributed by atoms with van der Waals surface area (Å²) in [5.41, 5.74) is 6.73. The van der Waals surface area contributed by atoms with Crippen LogP contribution in [-0.2, 0) is 10.6 Å². The lowest BCUT2D eigenvalue weighted by Crippen LogP contribution is -2.08. The maximum absolute atomic E-state index is 14.5. The van der Waals surface area contributed by atoms with E-state index in [9.17, 15) is 13.6 Å². The molecule has 0 bridgehead atoms. The van der Waals surface area contributed by atoms with Gasteiger partial charge in [-0.25, -0.2) is 13.6 Å². The van der Waals surface area contributed by atoms with Crippen molar-refractivity contribution < 1.29 is 27.8 Å². The topological polar surface area (TPSA) is 44.8 Å². The van der Waals surface area contributed by atoms with Crippen LogP contribution in [0.2, 0.25) is 0 Å². The number of esters is 1. The summed E-state index contributed by atoms with van der Waals surface area (Å²) in [6.07, 6.45) is 6.96. The molecule has 0 saturated heterocycles. The quantitative estimate of drug-likeness (QED) is 0.138. The normalized spacial score (nSPS) is 20.2. The van der Waals surface area contributed by atoms with E-state index in [0.717, 1.165) is 47.9 Å². The summed E-state index contributed by atoms with van der Waals surface area (Å²) in [4.78, 5) is 12.0. The molecule has 2 fully saturated rings. The number of benzene rings is 4. The average Bonchev–Trinajstić information content (AvgIpc) is 3.75. The van der Waals surface area contributed by atoms with Crippen molar-refractivity contribution in [3.05, 3.63) is 107 Å². The molecule has 4 atom stereocenters. The lowest BCUT2D eigenvalue weighted by atomic mass is 9.84. The number of rotatable bonds is 8. The maximum Gasteiger partial charge on any atom is 0.337 e. The molecule has 2 aliphatic carbocycles. The Morgan fingerprint density at radius 3 is 1.60 bits per heavy atom. The number of carbonyl (C=O) groups is 1. The number of ether oxygens (including phenoxy) is 3. The van der Waals surface area contributed by atoms with Gasteiger partial charge in [0.1, 0.15) is 23.1 Å². The highest BCUT2D eigenvalue weighted by Gasteiger charge is 2.30. The Morgan fingerprint density at radius 1 is 0.667 bits per heavy atom. The molecule has 254 valence electrons. The molecule has 4 aromatic carbocycles. The molecule has 0 amide bonds. The van der Waals surface area contributed by atoms with Crippen molar-refractivity contribution in [1.82, 2.24) is 0 Å². The van der Waals surface area contributed by atoms with Gasteiger partial charge in [0.2, 0.25) is 0 Å². The van der Waals surface area contributed by atoms with Gasteiger partial charge in [0.05, 0.1) is 26.9 Å². The number of methoxy groups -OCH3 is 3. The monoisotopic (exact) mass is 674 g/mol. The van der Waals surface area contributed by atoms with E-state index >= 15 is 0 Å². The molecular weight excluding hydrogens is 630 g/mol. The Bertz CT molecular complexity index is 1740. The SMILES string of the molecule is COC(=O)c1ccc(-c2cc(OC)ccc2F)c(C2CCCC2C)c1.COc1ccc(F)c(-c2ccc(CCl)cc2C2CCCC2C)c1. The zero-order valence-electron chi connectivity index (χ0n) is 28.5. The van der Waals surface area contributed by atoms with Crippen LogP contribution in [-0.4, -0.2) is 27.3 Å². The minimum Gasteiger partial charge on any atom is -0.497 e. The molecule has 0 radical (unpaired) electrons. The molecule has 4 aromatic rings. The standard InChI is InChI=1S/C21H23FO3.C20H22ClFO/c1-13-5-4-6-16(13)18-11-14(21(23)25-3)7-9-17(18)19-12-15(24-2)8-10-20(19)22;1-13-4-3-5-16(13)18-10-14(12-21)6-8-17(18)19-11-15(23-2)7-9-20(19)22/h7-13,16H,4-6H2,1-3H3;6-11,13,16H,3-5,12H2,1-2H3. The first-order valence-electron chi connectivity index (χ1n) is 16.8. The van der Waals surface area contributed by atoms with Crippen LogP contribution in [0.4, 0.5) is 8.78 Å². The van der Waals surface area contributed by atoms with Crippen LogP contribution in [0.3, 0.4) is 0 Å². The Kier molecular flexibility index (Phi) is 11.8. The molecule has 4 nitrogen and oxygen atoms in total. The third kappa shape index (κ3) is 7.70. The highest BCUT2D eigenvalue weighted by molar-refractivity contribution is 6.17. The summed E-state index contributed by atoms with van der Waals surface area (Å²) < 4.78 is 44.4. The number of hydrogen-bond donors (Lipinski definition) is 0. The lowest BCUT2D eigenvalue weighted by molar-refractivity contribution is 0.0600. The molecule has 2 saturated carbocycles. The van der Waals surface area contributed by atoms with Gasteiger partial charge in [-0.2, -0.15) is 0 Å². The van der Waals surface area contributed by atoms with Crippen LogP contribution < -0.4 is 9.47 Å². The van der Waals surface area contributed by atoms with Gasteiger partial charge in [-0.05, 0) is 113 Å². The van der Waals surface area contributed by atoms with Crippen LogP contribution in [0.15, 0.2) is 72.8 Å². The van der Waals surface area contributed by atoms with Crippen LogP contribution >= 0.6 is 11.6 Å². The van der Waals surface area contributed by atoms with Crippen LogP contribution in [0.5, 0.6) is 11.5 Å². The summed E-state index contributed by atoms with van der Waals surface area (Å²) in [7, 11) is 4.54. The van der Waals surface area contributed by atoms with Crippen molar-refractivity contribution in [1.29, 1.82) is 0 Å². The number of hydrogen-bond acceptors (Lipinski definition) is 4. The maximum atomic E-state index is 14.5. The van der Waals surface area contributed by atoms with Gasteiger partial charge < -0.3 is 14.2 Å². The summed E-state index contributed by atoms with van der Waals surface area (Å²) in [5, 5.41) is 0. The Labute approximate surface area is 288 Å². The first kappa shape index (κ1) is 35.4. The Balaban J connectivity index is 0.000000188. The average molecular weight is 675 g/mol. The molecule has 0 spiro atoms. The fraction of sp³-hybridized carbons (Fsp3) is 0.390. The largest absolute Gasteiger partial charge is 0.497 e. The highest BCUT2D eigenvalue weighted by atomic mass is 35.5. The van der Waals surface area contributed by atoms with Crippen molar-refractivity contribution in [2.45, 2.75) is 70.1 Å². The van der Waals surface area contributed by atoms with Crippen LogP contribution in [0, 0.1) is 23.5 Å². The second-order valence-electron chi connectivity index (χ2n) is 13.1. The summed E-state index contributed by atoms with van der Waals surface area (Å²) in [5.74, 6) is 2.79. The number of halogens is 3. The van der Waals surface area contributed by atoms with E-state index in [0.29, 0.717) is 57.7 Å². The fourth-order valence-corrected chi connectivity index (χ4v) is 7.66. The van der Waals surface area contributed by atoms with Gasteiger partial charge in [0.25, 0.3) is 0 Å². The van der Waals surface area contributed by atoms with Crippen molar-refractivity contribution in [2.75, 3.05) is 21.3 Å². The molecule has 0 N–H and O–H groups in total. The minimum absolute atomic E-state index is 0.212. The summed E-state index contributed by atoms with van der Waals surface area (Å²) >= 11 is 6.03. The number of carbonyl (C=O) groups excluding carboxylic acids is 1. The predicted molar refractivity (Wildman–Crippen MR) is 189 cm³/mol. The third-order valence-corrected chi connectivity index (χ3v) is 10.5. The second-order valence-corrected chi connectivity index (χ2v) is 13.3. The first-order valence-corrected chi connectivity index (χ1v) is 17.3. The Hall–Kier alpha value is -3.90. The molecule has 0 aromatic heterocycles. The van der Waals surface area contributed by atoms with E-state index in [1.54, 1.807) is 44.6 Å². The summed E-state index contributed by atoms with van der Waals surface area (Å²) in [6, 6.07) is 21.2. The summed E-state index contributed by atoms with van der Waals surface area (Å²) in [6.45, 7) is 4.50. The predicted octanol–water partition coefficient (Wildman–Crippen LogP) is 11.3. The smallest absolute Gasteiger partial charge is 0.337 e. The first-order chi connectivity index (χ1) is 23.2. The van der Waals surface area contributed by atoms with E-state index in [-0.39, 0.29) is 17.6 Å². The van der Waals surface area contributed by atoms with E-state index < -0.39 is 0 Å². The highest BCUT2D eigenvalue weighted by Crippen LogP contribution is 2.45. The molecule has 48 heavy (non-hydrogen) atoms. The van der Waals surface area contributed by atoms with Gasteiger partial charge in [-0.1, -0.05) is 63.8 Å². The van der Waals surface area contributed by atoms with Crippen LogP contribution in [0.1, 0.15) is 91.3 Å². The molecule has 2 aliphatic rings. The molecule has 4 unspecified atom stereocenters. The molecule has 0 heterocycles. The lowest BCUT2D eigenvalue weighted by Gasteiger charge is -2.21. The molecule has 6 rings (SSSR count). The van der Waals surface area contributed by atoms with E-state index in [4.69, 9.17) is 25.8 Å². The van der Waals surface area contributed by atoms with Gasteiger partial charge in [0, 0.05) is 17.0 Å². The second kappa shape index (κ2) is 16.0. The zero-order chi connectivity index (χ0) is 34.4. The number of alkyl halides is 1. The van der Waals surface area contributed by atoms with Gasteiger partial charge in [-0.3, -0.25) is 0 Å². The van der Waals surface area contributed by atoms with E-state index in [2.05, 4.69) is 19.9 Å².